The van der Waals surface area contributed by atoms with Gasteiger partial charge in [-0.25, -0.2) is 0 Å². The molecule has 3 aromatic rings. The Bertz CT molecular complexity index is 590. The van der Waals surface area contributed by atoms with Gasteiger partial charge in [0.05, 0.1) is 5.16 Å². The van der Waals surface area contributed by atoms with E-state index >= 15 is 0 Å². The maximum absolute atomic E-state index is 6.56. The van der Waals surface area contributed by atoms with Gasteiger partial charge in [0.1, 0.15) is 0 Å². The minimum absolute atomic E-state index is 0. The first-order chi connectivity index (χ1) is 10.4. The van der Waals surface area contributed by atoms with Crippen molar-refractivity contribution in [2.45, 2.75) is 5.16 Å². The smallest absolute Gasteiger partial charge is 0.0763 e. The zero-order chi connectivity index (χ0) is 14.5. The van der Waals surface area contributed by atoms with Crippen LogP contribution in [0.3, 0.4) is 0 Å². The van der Waals surface area contributed by atoms with Crippen LogP contribution in [0.15, 0.2) is 91.0 Å². The molecule has 0 bridgehead atoms. The molecule has 22 heavy (non-hydrogen) atoms. The number of hydrogen-bond donors (Lipinski definition) is 0. The zero-order valence-corrected chi connectivity index (χ0v) is 15.3. The van der Waals surface area contributed by atoms with Gasteiger partial charge in [-0.15, -0.1) is 0 Å². The van der Waals surface area contributed by atoms with Crippen molar-refractivity contribution in [3.8, 4) is 0 Å². The molecule has 1 atom stereocenters. The van der Waals surface area contributed by atoms with Crippen LogP contribution < -0.4 is 0 Å². The summed E-state index contributed by atoms with van der Waals surface area (Å²) in [4.78, 5) is 0. The van der Waals surface area contributed by atoms with Crippen LogP contribution in [0.5, 0.6) is 0 Å². The molecule has 0 heterocycles. The van der Waals surface area contributed by atoms with Crippen LogP contribution in [-0.4, -0.2) is 0 Å². The van der Waals surface area contributed by atoms with Gasteiger partial charge in [0.15, 0.2) is 0 Å². The average Bonchev–Trinajstić information content (AvgIpc) is 2.59. The van der Waals surface area contributed by atoms with Gasteiger partial charge in [-0.3, -0.25) is 0 Å². The summed E-state index contributed by atoms with van der Waals surface area (Å²) < 4.78 is 0. The fourth-order valence-electron chi connectivity index (χ4n) is 2.73. The maximum atomic E-state index is 6.56. The molecule has 0 nitrogen and oxygen atoms in total. The summed E-state index contributed by atoms with van der Waals surface area (Å²) >= 11 is 6.56. The molecule has 0 saturated carbocycles. The van der Waals surface area contributed by atoms with E-state index in [2.05, 4.69) is 72.8 Å². The van der Waals surface area contributed by atoms with Crippen LogP contribution in [0.25, 0.3) is 0 Å². The Kier molecular flexibility index (Phi) is 6.33. The first-order valence-electron chi connectivity index (χ1n) is 6.92. The quantitative estimate of drug-likeness (QED) is 0.288. The summed E-state index contributed by atoms with van der Waals surface area (Å²) in [5, 5.41) is -0.286. The van der Waals surface area contributed by atoms with Gasteiger partial charge in [-0.1, -0.05) is 102 Å². The van der Waals surface area contributed by atoms with Gasteiger partial charge in [-0.2, -0.15) is 0 Å². The normalized spacial score (nSPS) is 11.3. The van der Waals surface area contributed by atoms with Crippen molar-refractivity contribution in [2.24, 2.45) is 0 Å². The topological polar surface area (TPSA) is 0 Å². The Labute approximate surface area is 151 Å². The van der Waals surface area contributed by atoms with Gasteiger partial charge in [0.2, 0.25) is 0 Å². The third-order valence-electron chi connectivity index (χ3n) is 3.76. The molecule has 0 aliphatic rings. The van der Waals surface area contributed by atoms with Crippen LogP contribution in [0, 0.1) is 0 Å². The molecule has 0 spiro atoms. The molecule has 1 radical (unpaired) electrons. The van der Waals surface area contributed by atoms with E-state index in [1.165, 1.54) is 16.7 Å². The van der Waals surface area contributed by atoms with E-state index in [0.29, 0.717) is 0 Å². The SMILES string of the molecule is ClPC(c1ccccc1)(c1ccccc1)c1ccccc1.[Rh]. The summed E-state index contributed by atoms with van der Waals surface area (Å²) in [7, 11) is 0.224. The summed E-state index contributed by atoms with van der Waals surface area (Å²) in [5.41, 5.74) is 3.70. The summed E-state index contributed by atoms with van der Waals surface area (Å²) in [5.74, 6) is 0. The zero-order valence-electron chi connectivity index (χ0n) is 11.9. The van der Waals surface area contributed by atoms with Crippen LogP contribution in [0.2, 0.25) is 0 Å². The summed E-state index contributed by atoms with van der Waals surface area (Å²) in [6.07, 6.45) is 0. The standard InChI is InChI=1S/C19H16ClP.Rh/c20-21-19(16-10-4-1-5-11-16,17-12-6-2-7-13-17)18-14-8-3-9-15-18;/h1-15,21H;. The van der Waals surface area contributed by atoms with Crippen LogP contribution in [0.1, 0.15) is 16.7 Å². The third kappa shape index (κ3) is 3.18. The van der Waals surface area contributed by atoms with Crippen LogP contribution >= 0.6 is 19.2 Å². The Balaban J connectivity index is 0.00000176. The second-order valence-electron chi connectivity index (χ2n) is 4.94. The van der Waals surface area contributed by atoms with Crippen molar-refractivity contribution >= 4 is 19.2 Å². The van der Waals surface area contributed by atoms with Crippen molar-refractivity contribution in [3.63, 3.8) is 0 Å². The second-order valence-corrected chi connectivity index (χ2v) is 6.45. The Morgan fingerprint density at radius 1 is 0.545 bits per heavy atom. The number of hydrogen-bond acceptors (Lipinski definition) is 0. The summed E-state index contributed by atoms with van der Waals surface area (Å²) in [6, 6.07) is 31.6. The monoisotopic (exact) mass is 413 g/mol. The Morgan fingerprint density at radius 2 is 0.818 bits per heavy atom. The van der Waals surface area contributed by atoms with E-state index in [1.807, 2.05) is 18.2 Å². The number of halogens is 1. The van der Waals surface area contributed by atoms with Gasteiger partial charge < -0.3 is 0 Å². The van der Waals surface area contributed by atoms with Crippen molar-refractivity contribution < 1.29 is 19.5 Å². The summed E-state index contributed by atoms with van der Waals surface area (Å²) in [6.45, 7) is 0. The minimum atomic E-state index is -0.286. The van der Waals surface area contributed by atoms with Crippen molar-refractivity contribution in [1.29, 1.82) is 0 Å². The van der Waals surface area contributed by atoms with Gasteiger partial charge in [0.25, 0.3) is 0 Å². The first kappa shape index (κ1) is 17.4. The Morgan fingerprint density at radius 3 is 1.05 bits per heavy atom. The fraction of sp³-hybridized carbons (Fsp3) is 0.0526. The third-order valence-corrected chi connectivity index (χ3v) is 5.76. The van der Waals surface area contributed by atoms with Crippen molar-refractivity contribution in [2.75, 3.05) is 0 Å². The van der Waals surface area contributed by atoms with E-state index in [-0.39, 0.29) is 32.6 Å². The molecular formula is C19H16ClPRh. The molecule has 0 N–H and O–H groups in total. The minimum Gasteiger partial charge on any atom is -0.0984 e. The predicted molar refractivity (Wildman–Crippen MR) is 93.4 cm³/mol. The molecular weight excluding hydrogens is 398 g/mol. The molecule has 3 heteroatoms. The van der Waals surface area contributed by atoms with E-state index < -0.39 is 0 Å². The van der Waals surface area contributed by atoms with Gasteiger partial charge >= 0.3 is 0 Å². The molecule has 0 aliphatic carbocycles. The van der Waals surface area contributed by atoms with Crippen LogP contribution in [-0.2, 0) is 24.6 Å². The van der Waals surface area contributed by atoms with E-state index in [1.54, 1.807) is 0 Å². The molecule has 0 fully saturated rings. The number of benzene rings is 3. The molecule has 0 saturated heterocycles. The van der Waals surface area contributed by atoms with E-state index in [9.17, 15) is 0 Å². The molecule has 3 aromatic carbocycles. The van der Waals surface area contributed by atoms with Gasteiger partial charge in [0, 0.05) is 19.5 Å². The molecule has 3 rings (SSSR count). The van der Waals surface area contributed by atoms with Gasteiger partial charge in [-0.05, 0) is 24.6 Å². The van der Waals surface area contributed by atoms with Crippen molar-refractivity contribution in [1.82, 2.24) is 0 Å². The number of rotatable bonds is 4. The average molecular weight is 414 g/mol. The van der Waals surface area contributed by atoms with E-state index in [4.69, 9.17) is 11.2 Å². The molecule has 0 aliphatic heterocycles. The molecule has 0 aromatic heterocycles. The fourth-order valence-corrected chi connectivity index (χ4v) is 4.54. The first-order valence-corrected chi connectivity index (χ1v) is 8.93. The maximum Gasteiger partial charge on any atom is 0.0763 e. The Hall–Kier alpha value is -0.997. The van der Waals surface area contributed by atoms with Crippen molar-refractivity contribution in [3.05, 3.63) is 108 Å². The largest absolute Gasteiger partial charge is 0.0984 e. The van der Waals surface area contributed by atoms with Crippen LogP contribution in [0.4, 0.5) is 0 Å². The molecule has 1 unspecified atom stereocenters. The van der Waals surface area contributed by atoms with E-state index in [0.717, 1.165) is 0 Å². The second kappa shape index (κ2) is 8.02. The molecule has 113 valence electrons. The molecule has 0 amide bonds. The predicted octanol–water partition coefficient (Wildman–Crippen LogP) is 5.81.